The number of fused-ring (bicyclic) bond motifs is 1. The van der Waals surface area contributed by atoms with Gasteiger partial charge in [-0.1, -0.05) is 67.1 Å². The third-order valence-electron chi connectivity index (χ3n) is 7.04. The van der Waals surface area contributed by atoms with Gasteiger partial charge in [0.05, 0.1) is 35.0 Å². The number of carbonyl (C=O) groups excluding carboxylic acids is 2. The molecule has 1 fully saturated rings. The zero-order valence-corrected chi connectivity index (χ0v) is 24.7. The summed E-state index contributed by atoms with van der Waals surface area (Å²) in [6.07, 6.45) is 0.890. The first-order valence-corrected chi connectivity index (χ1v) is 14.6. The van der Waals surface area contributed by atoms with Crippen LogP contribution in [0.4, 0.5) is 5.13 Å². The number of nitrogens with zero attached hydrogens (tertiary/aromatic N) is 2. The molecule has 8 heteroatoms. The number of aryl methyl sites for hydroxylation is 2. The van der Waals surface area contributed by atoms with Gasteiger partial charge in [0.25, 0.3) is 5.78 Å². The van der Waals surface area contributed by atoms with Crippen molar-refractivity contribution in [3.05, 3.63) is 88.5 Å². The molecule has 1 aromatic heterocycles. The number of thiazole rings is 1. The van der Waals surface area contributed by atoms with E-state index in [1.807, 2.05) is 57.2 Å². The number of aliphatic hydroxyl groups excluding tert-OH is 1. The second kappa shape index (κ2) is 11.7. The Labute approximate surface area is 244 Å². The van der Waals surface area contributed by atoms with Crippen molar-refractivity contribution >= 4 is 44.1 Å². The number of carbonyl (C=O) groups is 2. The van der Waals surface area contributed by atoms with E-state index in [9.17, 15) is 14.7 Å². The van der Waals surface area contributed by atoms with Crippen LogP contribution in [0.15, 0.2) is 66.2 Å². The topological polar surface area (TPSA) is 89.0 Å². The number of ketones is 1. The Balaban J connectivity index is 1.67. The highest BCUT2D eigenvalue weighted by Crippen LogP contribution is 2.46. The van der Waals surface area contributed by atoms with E-state index in [0.29, 0.717) is 46.9 Å². The third-order valence-corrected chi connectivity index (χ3v) is 8.06. The second-order valence-electron chi connectivity index (χ2n) is 10.7. The molecular formula is C33H34N2O5S. The van der Waals surface area contributed by atoms with Crippen LogP contribution in [0.2, 0.25) is 0 Å². The quantitative estimate of drug-likeness (QED) is 0.128. The van der Waals surface area contributed by atoms with Crippen LogP contribution in [0.1, 0.15) is 55.5 Å². The normalized spacial score (nSPS) is 16.6. The van der Waals surface area contributed by atoms with Crippen LogP contribution >= 0.6 is 11.3 Å². The van der Waals surface area contributed by atoms with E-state index in [1.54, 1.807) is 24.3 Å². The van der Waals surface area contributed by atoms with Crippen molar-refractivity contribution in [1.29, 1.82) is 0 Å². The van der Waals surface area contributed by atoms with Crippen LogP contribution in [-0.2, 0) is 9.59 Å². The molecule has 2 heterocycles. The fourth-order valence-electron chi connectivity index (χ4n) is 4.82. The number of aromatic nitrogens is 1. The molecule has 1 atom stereocenters. The fourth-order valence-corrected chi connectivity index (χ4v) is 5.91. The average Bonchev–Trinajstić information content (AvgIpc) is 3.47. The van der Waals surface area contributed by atoms with Gasteiger partial charge in [0.1, 0.15) is 5.76 Å². The maximum atomic E-state index is 13.7. The molecule has 4 aromatic rings. The number of benzene rings is 3. The van der Waals surface area contributed by atoms with Crippen molar-refractivity contribution in [3.8, 4) is 11.5 Å². The molecule has 212 valence electrons. The molecule has 1 aliphatic heterocycles. The van der Waals surface area contributed by atoms with Crippen LogP contribution in [0, 0.1) is 19.8 Å². The molecule has 0 saturated carbocycles. The van der Waals surface area contributed by atoms with Crippen molar-refractivity contribution in [3.63, 3.8) is 0 Å². The largest absolute Gasteiger partial charge is 0.507 e. The standard InChI is InChI=1S/C33H34N2O5S/c1-6-39-26-18-23(12-14-25(26)40-16-15-19(2)3)29-28(30(36)22-10-7-20(4)8-11-22)31(37)32(38)35(29)33-34-24-13-9-21(5)17-27(24)41-33/h7-14,17-19,29,36H,6,15-16H2,1-5H3. The molecule has 1 unspecified atom stereocenters. The number of anilines is 1. The number of ether oxygens (including phenoxy) is 2. The lowest BCUT2D eigenvalue weighted by Crippen LogP contribution is -2.29. The van der Waals surface area contributed by atoms with Crippen molar-refractivity contribution in [1.82, 2.24) is 4.98 Å². The second-order valence-corrected chi connectivity index (χ2v) is 11.7. The van der Waals surface area contributed by atoms with E-state index in [4.69, 9.17) is 14.5 Å². The zero-order valence-electron chi connectivity index (χ0n) is 23.9. The van der Waals surface area contributed by atoms with E-state index < -0.39 is 17.7 Å². The summed E-state index contributed by atoms with van der Waals surface area (Å²) in [5.41, 5.74) is 3.88. The van der Waals surface area contributed by atoms with Gasteiger partial charge in [-0.3, -0.25) is 14.5 Å². The molecular weight excluding hydrogens is 536 g/mol. The smallest absolute Gasteiger partial charge is 0.301 e. The number of hydrogen-bond acceptors (Lipinski definition) is 7. The lowest BCUT2D eigenvalue weighted by Gasteiger charge is -2.24. The highest BCUT2D eigenvalue weighted by Gasteiger charge is 2.48. The monoisotopic (exact) mass is 570 g/mol. The van der Waals surface area contributed by atoms with Crippen molar-refractivity contribution < 1.29 is 24.2 Å². The Bertz CT molecular complexity index is 1640. The first kappa shape index (κ1) is 28.4. The summed E-state index contributed by atoms with van der Waals surface area (Å²) in [5.74, 6) is -0.155. The minimum Gasteiger partial charge on any atom is -0.507 e. The first-order valence-electron chi connectivity index (χ1n) is 13.8. The highest BCUT2D eigenvalue weighted by atomic mass is 32.1. The van der Waals surface area contributed by atoms with Gasteiger partial charge in [-0.25, -0.2) is 4.98 Å². The Morgan fingerprint density at radius 2 is 1.71 bits per heavy atom. The Morgan fingerprint density at radius 3 is 2.41 bits per heavy atom. The van der Waals surface area contributed by atoms with Gasteiger partial charge in [-0.2, -0.15) is 0 Å². The van der Waals surface area contributed by atoms with Crippen LogP contribution in [-0.4, -0.2) is 35.0 Å². The van der Waals surface area contributed by atoms with Gasteiger partial charge in [0.15, 0.2) is 16.6 Å². The maximum Gasteiger partial charge on any atom is 0.301 e. The van der Waals surface area contributed by atoms with E-state index >= 15 is 0 Å². The lowest BCUT2D eigenvalue weighted by molar-refractivity contribution is -0.132. The molecule has 0 bridgehead atoms. The minimum absolute atomic E-state index is 0.00483. The van der Waals surface area contributed by atoms with E-state index in [2.05, 4.69) is 13.8 Å². The van der Waals surface area contributed by atoms with Crippen LogP contribution in [0.3, 0.4) is 0 Å². The molecule has 5 rings (SSSR count). The summed E-state index contributed by atoms with van der Waals surface area (Å²) >= 11 is 1.34. The highest BCUT2D eigenvalue weighted by molar-refractivity contribution is 7.22. The SMILES string of the molecule is CCOc1cc(C2C(=C(O)c3ccc(C)cc3)C(=O)C(=O)N2c2nc3ccc(C)cc3s2)ccc1OCCC(C)C. The molecule has 0 aliphatic carbocycles. The van der Waals surface area contributed by atoms with E-state index in [-0.39, 0.29) is 11.3 Å². The van der Waals surface area contributed by atoms with Gasteiger partial charge in [0, 0.05) is 5.56 Å². The summed E-state index contributed by atoms with van der Waals surface area (Å²) in [4.78, 5) is 33.4. The van der Waals surface area contributed by atoms with Crippen molar-refractivity contribution in [2.75, 3.05) is 18.1 Å². The zero-order chi connectivity index (χ0) is 29.3. The predicted octanol–water partition coefficient (Wildman–Crippen LogP) is 7.36. The van der Waals surface area contributed by atoms with Crippen molar-refractivity contribution in [2.45, 2.75) is 47.1 Å². The number of rotatable bonds is 9. The lowest BCUT2D eigenvalue weighted by atomic mass is 9.95. The summed E-state index contributed by atoms with van der Waals surface area (Å²) in [5, 5.41) is 11.9. The summed E-state index contributed by atoms with van der Waals surface area (Å²) in [7, 11) is 0. The summed E-state index contributed by atoms with van der Waals surface area (Å²) in [6.45, 7) is 11.0. The van der Waals surface area contributed by atoms with Gasteiger partial charge in [0.2, 0.25) is 0 Å². The molecule has 0 radical (unpaired) electrons. The Kier molecular flexibility index (Phi) is 8.13. The third kappa shape index (κ3) is 5.70. The molecule has 1 N–H and O–H groups in total. The first-order chi connectivity index (χ1) is 19.7. The number of hydrogen-bond donors (Lipinski definition) is 1. The predicted molar refractivity (Wildman–Crippen MR) is 163 cm³/mol. The molecule has 3 aromatic carbocycles. The molecule has 0 spiro atoms. The number of aliphatic hydroxyl groups is 1. The van der Waals surface area contributed by atoms with Crippen LogP contribution in [0.25, 0.3) is 16.0 Å². The van der Waals surface area contributed by atoms with E-state index in [0.717, 1.165) is 27.8 Å². The van der Waals surface area contributed by atoms with Crippen LogP contribution in [0.5, 0.6) is 11.5 Å². The molecule has 7 nitrogen and oxygen atoms in total. The molecule has 41 heavy (non-hydrogen) atoms. The van der Waals surface area contributed by atoms with Gasteiger partial charge < -0.3 is 14.6 Å². The number of amides is 1. The van der Waals surface area contributed by atoms with Crippen LogP contribution < -0.4 is 14.4 Å². The molecule has 1 saturated heterocycles. The number of Topliss-reactive ketones (excluding diaryl/α,β-unsaturated/α-hetero) is 1. The Hall–Kier alpha value is -4.17. The maximum absolute atomic E-state index is 13.7. The fraction of sp³-hybridized carbons (Fsp3) is 0.303. The molecule has 1 amide bonds. The van der Waals surface area contributed by atoms with Crippen molar-refractivity contribution in [2.24, 2.45) is 5.92 Å². The van der Waals surface area contributed by atoms with Gasteiger partial charge in [-0.05, 0) is 68.5 Å². The minimum atomic E-state index is -0.915. The summed E-state index contributed by atoms with van der Waals surface area (Å²) in [6, 6.07) is 17.5. The Morgan fingerprint density at radius 1 is 0.976 bits per heavy atom. The summed E-state index contributed by atoms with van der Waals surface area (Å²) < 4.78 is 12.9. The van der Waals surface area contributed by atoms with Gasteiger partial charge >= 0.3 is 5.91 Å². The molecule has 1 aliphatic rings. The average molecular weight is 571 g/mol. The van der Waals surface area contributed by atoms with Gasteiger partial charge in [-0.15, -0.1) is 0 Å². The van der Waals surface area contributed by atoms with E-state index in [1.165, 1.54) is 16.2 Å².